The molecule has 29 heavy (non-hydrogen) atoms. The molecule has 0 bridgehead atoms. The summed E-state index contributed by atoms with van der Waals surface area (Å²) in [5.41, 5.74) is 0.336. The maximum Gasteiger partial charge on any atom is 0.295 e. The first-order valence-electron chi connectivity index (χ1n) is 8.78. The molecule has 0 radical (unpaired) electrons. The molecule has 2 heterocycles. The van der Waals surface area contributed by atoms with Crippen LogP contribution in [-0.4, -0.2) is 21.7 Å². The Labute approximate surface area is 175 Å². The molecule has 1 aliphatic rings. The maximum atomic E-state index is 14.7. The van der Waals surface area contributed by atoms with Gasteiger partial charge in [0.05, 0.1) is 18.2 Å². The van der Waals surface area contributed by atoms with Crippen LogP contribution < -0.4 is 0 Å². The highest BCUT2D eigenvalue weighted by atomic mass is 35.5. The topological polar surface area (TPSA) is 57.6 Å². The molecule has 1 N–H and O–H groups in total. The summed E-state index contributed by atoms with van der Waals surface area (Å²) in [6, 6.07) is 14.8. The predicted molar refractivity (Wildman–Crippen MR) is 110 cm³/mol. The van der Waals surface area contributed by atoms with Crippen molar-refractivity contribution in [3.63, 3.8) is 0 Å². The zero-order valence-electron chi connectivity index (χ0n) is 15.0. The minimum Gasteiger partial charge on any atom is -0.507 e. The van der Waals surface area contributed by atoms with Gasteiger partial charge in [0.1, 0.15) is 11.6 Å². The molecule has 1 aromatic heterocycles. The van der Waals surface area contributed by atoms with Crippen molar-refractivity contribution in [1.82, 2.24) is 4.90 Å². The molecule has 3 aromatic rings. The number of rotatable bonds is 4. The van der Waals surface area contributed by atoms with E-state index in [1.165, 1.54) is 34.4 Å². The Bertz CT molecular complexity index is 1110. The summed E-state index contributed by atoms with van der Waals surface area (Å²) in [4.78, 5) is 27.8. The molecule has 1 atom stereocenters. The van der Waals surface area contributed by atoms with Crippen LogP contribution in [0.2, 0.25) is 5.02 Å². The molecule has 1 saturated heterocycles. The third-order valence-corrected chi connectivity index (χ3v) is 5.88. The van der Waals surface area contributed by atoms with Gasteiger partial charge in [-0.25, -0.2) is 4.39 Å². The van der Waals surface area contributed by atoms with Crippen molar-refractivity contribution in [1.29, 1.82) is 0 Å². The molecule has 0 spiro atoms. The zero-order valence-corrected chi connectivity index (χ0v) is 16.6. The largest absolute Gasteiger partial charge is 0.507 e. The van der Waals surface area contributed by atoms with Crippen LogP contribution in [0.3, 0.4) is 0 Å². The number of thiophene rings is 1. The molecule has 7 heteroatoms. The van der Waals surface area contributed by atoms with E-state index in [-0.39, 0.29) is 23.4 Å². The number of ketones is 1. The summed E-state index contributed by atoms with van der Waals surface area (Å²) in [5, 5.41) is 13.2. The second-order valence-corrected chi connectivity index (χ2v) is 8.00. The molecule has 1 unspecified atom stereocenters. The Hall–Kier alpha value is -2.96. The van der Waals surface area contributed by atoms with Gasteiger partial charge in [0.25, 0.3) is 11.7 Å². The van der Waals surface area contributed by atoms with Gasteiger partial charge in [-0.15, -0.1) is 11.3 Å². The molecule has 4 nitrogen and oxygen atoms in total. The Morgan fingerprint density at radius 2 is 1.79 bits per heavy atom. The first-order chi connectivity index (χ1) is 14.0. The molecule has 146 valence electrons. The van der Waals surface area contributed by atoms with Gasteiger partial charge < -0.3 is 10.0 Å². The van der Waals surface area contributed by atoms with Gasteiger partial charge in [0.15, 0.2) is 0 Å². The van der Waals surface area contributed by atoms with E-state index in [2.05, 4.69) is 0 Å². The number of carbonyl (C=O) groups excluding carboxylic acids is 2. The van der Waals surface area contributed by atoms with Gasteiger partial charge in [0, 0.05) is 21.0 Å². The van der Waals surface area contributed by atoms with Crippen LogP contribution >= 0.6 is 22.9 Å². The molecule has 0 saturated carbocycles. The van der Waals surface area contributed by atoms with Crippen molar-refractivity contribution in [2.45, 2.75) is 12.6 Å². The molecule has 1 fully saturated rings. The number of hydrogen-bond donors (Lipinski definition) is 1. The van der Waals surface area contributed by atoms with Crippen LogP contribution in [0.4, 0.5) is 4.39 Å². The van der Waals surface area contributed by atoms with E-state index in [1.54, 1.807) is 30.3 Å². The summed E-state index contributed by atoms with van der Waals surface area (Å²) < 4.78 is 14.7. The number of aliphatic hydroxyl groups is 1. The van der Waals surface area contributed by atoms with Crippen molar-refractivity contribution in [2.75, 3.05) is 0 Å². The van der Waals surface area contributed by atoms with E-state index in [0.29, 0.717) is 10.6 Å². The van der Waals surface area contributed by atoms with E-state index >= 15 is 0 Å². The monoisotopic (exact) mass is 427 g/mol. The molecular formula is C22H15ClFNO3S. The van der Waals surface area contributed by atoms with E-state index in [0.717, 1.165) is 4.88 Å². The van der Waals surface area contributed by atoms with Crippen LogP contribution in [0.1, 0.15) is 22.0 Å². The van der Waals surface area contributed by atoms with Crippen LogP contribution in [0.5, 0.6) is 0 Å². The number of likely N-dealkylation sites (tertiary alicyclic amines) is 1. The second kappa shape index (κ2) is 7.81. The van der Waals surface area contributed by atoms with Crippen LogP contribution in [0, 0.1) is 5.82 Å². The zero-order chi connectivity index (χ0) is 20.5. The second-order valence-electron chi connectivity index (χ2n) is 6.53. The lowest BCUT2D eigenvalue weighted by Crippen LogP contribution is -2.29. The third-order valence-electron chi connectivity index (χ3n) is 4.76. The molecular weight excluding hydrogens is 413 g/mol. The van der Waals surface area contributed by atoms with Crippen molar-refractivity contribution in [2.24, 2.45) is 0 Å². The Balaban J connectivity index is 1.89. The molecule has 0 aliphatic carbocycles. The lowest BCUT2D eigenvalue weighted by atomic mass is 9.95. The van der Waals surface area contributed by atoms with Crippen molar-refractivity contribution in [3.8, 4) is 0 Å². The number of nitrogens with zero attached hydrogens (tertiary/aromatic N) is 1. The summed E-state index contributed by atoms with van der Waals surface area (Å²) in [6.45, 7) is 0.138. The lowest BCUT2D eigenvalue weighted by molar-refractivity contribution is -0.140. The normalized spacial score (nSPS) is 18.4. The highest BCUT2D eigenvalue weighted by Gasteiger charge is 2.47. The molecule has 4 rings (SSSR count). The van der Waals surface area contributed by atoms with Crippen LogP contribution in [0.25, 0.3) is 5.76 Å². The fourth-order valence-electron chi connectivity index (χ4n) is 3.40. The van der Waals surface area contributed by atoms with Gasteiger partial charge in [-0.1, -0.05) is 35.9 Å². The highest BCUT2D eigenvalue weighted by Crippen LogP contribution is 2.41. The van der Waals surface area contributed by atoms with Gasteiger partial charge in [-0.3, -0.25) is 9.59 Å². The van der Waals surface area contributed by atoms with Crippen molar-refractivity contribution < 1.29 is 19.1 Å². The van der Waals surface area contributed by atoms with E-state index in [1.807, 2.05) is 17.5 Å². The van der Waals surface area contributed by atoms with E-state index < -0.39 is 23.5 Å². The Kier molecular flexibility index (Phi) is 5.22. The molecule has 2 aromatic carbocycles. The number of amides is 1. The number of carbonyl (C=O) groups is 2. The molecule has 1 aliphatic heterocycles. The van der Waals surface area contributed by atoms with Crippen LogP contribution in [-0.2, 0) is 16.1 Å². The number of Topliss-reactive ketones (excluding diaryl/α,β-unsaturated/α-hetero) is 1. The van der Waals surface area contributed by atoms with Gasteiger partial charge in [0.2, 0.25) is 0 Å². The average molecular weight is 428 g/mol. The van der Waals surface area contributed by atoms with Gasteiger partial charge in [-0.2, -0.15) is 0 Å². The number of benzene rings is 2. The highest BCUT2D eigenvalue weighted by molar-refractivity contribution is 7.09. The first kappa shape index (κ1) is 19.4. The summed E-state index contributed by atoms with van der Waals surface area (Å²) in [6.07, 6.45) is 0. The summed E-state index contributed by atoms with van der Waals surface area (Å²) in [5.74, 6) is -2.54. The maximum absolute atomic E-state index is 14.7. The van der Waals surface area contributed by atoms with E-state index in [4.69, 9.17) is 11.6 Å². The van der Waals surface area contributed by atoms with Gasteiger partial charge in [-0.05, 0) is 41.8 Å². The summed E-state index contributed by atoms with van der Waals surface area (Å²) >= 11 is 7.33. The van der Waals surface area contributed by atoms with Crippen molar-refractivity contribution in [3.05, 3.63) is 98.5 Å². The number of hydrogen-bond acceptors (Lipinski definition) is 4. The van der Waals surface area contributed by atoms with E-state index in [9.17, 15) is 19.1 Å². The fourth-order valence-corrected chi connectivity index (χ4v) is 4.23. The quantitative estimate of drug-likeness (QED) is 0.355. The predicted octanol–water partition coefficient (Wildman–Crippen LogP) is 5.16. The SMILES string of the molecule is O=C1C(=O)N(Cc2cccs2)C(c2ccccc2F)/C1=C(\O)c1ccc(Cl)cc1. The van der Waals surface area contributed by atoms with Gasteiger partial charge >= 0.3 is 0 Å². The standard InChI is InChI=1S/C22H15ClFNO3S/c23-14-9-7-13(8-10-14)20(26)18-19(16-5-1-2-6-17(16)24)25(22(28)21(18)27)12-15-4-3-11-29-15/h1-11,19,26H,12H2/b20-18+. The lowest BCUT2D eigenvalue weighted by Gasteiger charge is -2.25. The first-order valence-corrected chi connectivity index (χ1v) is 10.0. The van der Waals surface area contributed by atoms with Crippen molar-refractivity contribution >= 4 is 40.4 Å². The Morgan fingerprint density at radius 3 is 2.45 bits per heavy atom. The average Bonchev–Trinajstić information content (AvgIpc) is 3.31. The summed E-state index contributed by atoms with van der Waals surface area (Å²) in [7, 11) is 0. The number of aliphatic hydroxyl groups excluding tert-OH is 1. The minimum absolute atomic E-state index is 0.138. The number of halogens is 2. The Morgan fingerprint density at radius 1 is 1.07 bits per heavy atom. The smallest absolute Gasteiger partial charge is 0.295 e. The fraction of sp³-hybridized carbons (Fsp3) is 0.0909. The third kappa shape index (κ3) is 3.57. The molecule has 1 amide bonds. The van der Waals surface area contributed by atoms with Crippen LogP contribution in [0.15, 0.2) is 71.6 Å². The minimum atomic E-state index is -1.03.